The number of methoxy groups -OCH3 is 1. The summed E-state index contributed by atoms with van der Waals surface area (Å²) in [6, 6.07) is 15.4. The molecule has 2 aromatic heterocycles. The Hall–Kier alpha value is -3.18. The van der Waals surface area contributed by atoms with Gasteiger partial charge in [-0.2, -0.15) is 0 Å². The summed E-state index contributed by atoms with van der Waals surface area (Å²) in [6.07, 6.45) is 3.51. The van der Waals surface area contributed by atoms with Crippen LogP contribution in [0.2, 0.25) is 0 Å². The summed E-state index contributed by atoms with van der Waals surface area (Å²) in [6.45, 7) is 3.16. The Morgan fingerprint density at radius 1 is 1.07 bits per heavy atom. The first-order valence-electron chi connectivity index (χ1n) is 9.68. The monoisotopic (exact) mass is 389 g/mol. The van der Waals surface area contributed by atoms with Gasteiger partial charge in [-0.05, 0) is 60.7 Å². The second-order valence-electron chi connectivity index (χ2n) is 7.02. The van der Waals surface area contributed by atoms with Crippen LogP contribution in [0, 0.1) is 6.92 Å². The van der Waals surface area contributed by atoms with Crippen molar-refractivity contribution in [1.29, 1.82) is 0 Å². The molecule has 0 N–H and O–H groups in total. The summed E-state index contributed by atoms with van der Waals surface area (Å²) in [4.78, 5) is 17.1. The average Bonchev–Trinajstić information content (AvgIpc) is 2.75. The minimum Gasteiger partial charge on any atom is -0.497 e. The van der Waals surface area contributed by atoms with Crippen molar-refractivity contribution >= 4 is 21.9 Å². The molecule has 148 valence electrons. The van der Waals surface area contributed by atoms with Gasteiger partial charge in [0, 0.05) is 18.2 Å². The van der Waals surface area contributed by atoms with Gasteiger partial charge in [0.25, 0.3) is 0 Å². The molecule has 2 aromatic carbocycles. The van der Waals surface area contributed by atoms with E-state index in [4.69, 9.17) is 13.9 Å². The van der Waals surface area contributed by atoms with Crippen molar-refractivity contribution in [3.05, 3.63) is 81.8 Å². The van der Waals surface area contributed by atoms with E-state index in [1.807, 2.05) is 55.6 Å². The standard InChI is InChI=1S/C24H23NO4/c1-16-18(6-5-13-28-15-17-9-11-19(27-2)12-10-17)14-25-23-20-7-3-4-8-21(20)29-24(26)22(16)23/h3-4,7-12,14H,5-6,13,15H2,1-2H3. The van der Waals surface area contributed by atoms with Gasteiger partial charge in [-0.15, -0.1) is 0 Å². The highest BCUT2D eigenvalue weighted by molar-refractivity contribution is 6.02. The van der Waals surface area contributed by atoms with Crippen LogP contribution in [0.3, 0.4) is 0 Å². The first-order chi connectivity index (χ1) is 14.2. The zero-order valence-corrected chi connectivity index (χ0v) is 16.6. The smallest absolute Gasteiger partial charge is 0.346 e. The van der Waals surface area contributed by atoms with Crippen LogP contribution in [-0.2, 0) is 17.8 Å². The lowest BCUT2D eigenvalue weighted by Gasteiger charge is -2.10. The molecule has 29 heavy (non-hydrogen) atoms. The fourth-order valence-corrected chi connectivity index (χ4v) is 3.53. The molecule has 2 heterocycles. The van der Waals surface area contributed by atoms with E-state index >= 15 is 0 Å². The third kappa shape index (κ3) is 4.00. The maximum atomic E-state index is 12.5. The summed E-state index contributed by atoms with van der Waals surface area (Å²) in [5.41, 5.74) is 4.03. The zero-order chi connectivity index (χ0) is 20.2. The van der Waals surface area contributed by atoms with Gasteiger partial charge in [0.15, 0.2) is 0 Å². The predicted molar refractivity (Wildman–Crippen MR) is 113 cm³/mol. The second-order valence-corrected chi connectivity index (χ2v) is 7.02. The molecule has 0 aliphatic carbocycles. The normalized spacial score (nSPS) is 11.2. The summed E-state index contributed by atoms with van der Waals surface area (Å²) in [5, 5.41) is 1.43. The number of hydrogen-bond donors (Lipinski definition) is 0. The Morgan fingerprint density at radius 2 is 1.86 bits per heavy atom. The van der Waals surface area contributed by atoms with Gasteiger partial charge in [-0.3, -0.25) is 4.98 Å². The Balaban J connectivity index is 1.43. The summed E-state index contributed by atoms with van der Waals surface area (Å²) < 4.78 is 16.4. The molecular formula is C24H23NO4. The van der Waals surface area contributed by atoms with E-state index in [-0.39, 0.29) is 5.63 Å². The molecule has 0 aliphatic heterocycles. The maximum Gasteiger partial charge on any atom is 0.346 e. The van der Waals surface area contributed by atoms with E-state index in [1.165, 1.54) is 0 Å². The van der Waals surface area contributed by atoms with Crippen LogP contribution in [0.1, 0.15) is 23.1 Å². The van der Waals surface area contributed by atoms with Gasteiger partial charge in [0.2, 0.25) is 0 Å². The number of rotatable bonds is 7. The van der Waals surface area contributed by atoms with Crippen LogP contribution in [0.4, 0.5) is 0 Å². The van der Waals surface area contributed by atoms with Crippen LogP contribution in [0.15, 0.2) is 63.9 Å². The molecule has 0 saturated heterocycles. The number of para-hydroxylation sites is 1. The Morgan fingerprint density at radius 3 is 2.66 bits per heavy atom. The van der Waals surface area contributed by atoms with Gasteiger partial charge in [0.1, 0.15) is 11.3 Å². The van der Waals surface area contributed by atoms with Gasteiger partial charge >= 0.3 is 5.63 Å². The van der Waals surface area contributed by atoms with Gasteiger partial charge in [-0.1, -0.05) is 24.3 Å². The lowest BCUT2D eigenvalue weighted by molar-refractivity contribution is 0.118. The largest absolute Gasteiger partial charge is 0.497 e. The molecule has 0 spiro atoms. The van der Waals surface area contributed by atoms with E-state index < -0.39 is 0 Å². The minimum atomic E-state index is -0.332. The van der Waals surface area contributed by atoms with E-state index in [9.17, 15) is 4.79 Å². The number of aryl methyl sites for hydroxylation is 2. The number of fused-ring (bicyclic) bond motifs is 3. The molecule has 0 radical (unpaired) electrons. The second kappa shape index (κ2) is 8.45. The van der Waals surface area contributed by atoms with Crippen molar-refractivity contribution in [1.82, 2.24) is 4.98 Å². The lowest BCUT2D eigenvalue weighted by Crippen LogP contribution is -2.06. The van der Waals surface area contributed by atoms with Crippen molar-refractivity contribution in [3.63, 3.8) is 0 Å². The molecule has 0 fully saturated rings. The third-order valence-electron chi connectivity index (χ3n) is 5.15. The van der Waals surface area contributed by atoms with Crippen molar-refractivity contribution in [3.8, 4) is 5.75 Å². The molecule has 0 saturated carbocycles. The molecule has 5 nitrogen and oxygen atoms in total. The number of pyridine rings is 1. The van der Waals surface area contributed by atoms with Gasteiger partial charge < -0.3 is 13.9 Å². The SMILES string of the molecule is COc1ccc(COCCCc2cnc3c(c2C)c(=O)oc2ccccc23)cc1. The number of hydrogen-bond acceptors (Lipinski definition) is 5. The van der Waals surface area contributed by atoms with Gasteiger partial charge in [0.05, 0.1) is 24.6 Å². The number of nitrogens with zero attached hydrogens (tertiary/aromatic N) is 1. The van der Waals surface area contributed by atoms with Crippen LogP contribution < -0.4 is 10.4 Å². The first kappa shape index (κ1) is 19.2. The van der Waals surface area contributed by atoms with Crippen molar-refractivity contribution in [2.45, 2.75) is 26.4 Å². The maximum absolute atomic E-state index is 12.5. The highest BCUT2D eigenvalue weighted by Gasteiger charge is 2.13. The molecule has 0 amide bonds. The molecule has 0 bridgehead atoms. The molecule has 5 heteroatoms. The Bertz CT molecular complexity index is 1200. The first-order valence-corrected chi connectivity index (χ1v) is 9.68. The molecular weight excluding hydrogens is 366 g/mol. The van der Waals surface area contributed by atoms with Crippen LogP contribution in [0.5, 0.6) is 5.75 Å². The lowest BCUT2D eigenvalue weighted by atomic mass is 10.0. The van der Waals surface area contributed by atoms with E-state index in [0.717, 1.165) is 40.7 Å². The summed E-state index contributed by atoms with van der Waals surface area (Å²) in [7, 11) is 1.65. The van der Waals surface area contributed by atoms with Crippen molar-refractivity contribution < 1.29 is 13.9 Å². The van der Waals surface area contributed by atoms with Crippen molar-refractivity contribution in [2.75, 3.05) is 13.7 Å². The molecule has 4 rings (SSSR count). The molecule has 0 atom stereocenters. The van der Waals surface area contributed by atoms with E-state index in [1.54, 1.807) is 13.2 Å². The number of ether oxygens (including phenoxy) is 2. The molecule has 0 unspecified atom stereocenters. The fraction of sp³-hybridized carbons (Fsp3) is 0.250. The van der Waals surface area contributed by atoms with Crippen LogP contribution in [0.25, 0.3) is 21.9 Å². The minimum absolute atomic E-state index is 0.332. The predicted octanol–water partition coefficient (Wildman–Crippen LogP) is 4.81. The highest BCUT2D eigenvalue weighted by atomic mass is 16.5. The van der Waals surface area contributed by atoms with Crippen LogP contribution in [-0.4, -0.2) is 18.7 Å². The van der Waals surface area contributed by atoms with Crippen molar-refractivity contribution in [2.24, 2.45) is 0 Å². The topological polar surface area (TPSA) is 61.6 Å². The van der Waals surface area contributed by atoms with E-state index in [2.05, 4.69) is 4.98 Å². The third-order valence-corrected chi connectivity index (χ3v) is 5.15. The Labute approximate surface area is 168 Å². The van der Waals surface area contributed by atoms with E-state index in [0.29, 0.717) is 29.7 Å². The summed E-state index contributed by atoms with van der Waals surface area (Å²) in [5.74, 6) is 0.838. The average molecular weight is 389 g/mol. The fourth-order valence-electron chi connectivity index (χ4n) is 3.53. The molecule has 4 aromatic rings. The summed E-state index contributed by atoms with van der Waals surface area (Å²) >= 11 is 0. The van der Waals surface area contributed by atoms with Crippen LogP contribution >= 0.6 is 0 Å². The molecule has 0 aliphatic rings. The zero-order valence-electron chi connectivity index (χ0n) is 16.6. The highest BCUT2D eigenvalue weighted by Crippen LogP contribution is 2.25. The Kier molecular flexibility index (Phi) is 5.58. The number of benzene rings is 2. The van der Waals surface area contributed by atoms with Gasteiger partial charge in [-0.25, -0.2) is 4.79 Å². The number of aromatic nitrogens is 1. The quantitative estimate of drug-likeness (QED) is 0.258.